The molecule has 0 amide bonds. The van der Waals surface area contributed by atoms with Crippen LogP contribution >= 0.6 is 0 Å². The van der Waals surface area contributed by atoms with Gasteiger partial charge in [-0.2, -0.15) is 9.97 Å². The van der Waals surface area contributed by atoms with Gasteiger partial charge in [0, 0.05) is 36.9 Å². The number of anilines is 2. The highest BCUT2D eigenvalue weighted by atomic mass is 19.3. The Morgan fingerprint density at radius 3 is 2.63 bits per heavy atom. The fraction of sp³-hybridized carbons (Fsp3) is 0.409. The van der Waals surface area contributed by atoms with Gasteiger partial charge < -0.3 is 11.1 Å². The summed E-state index contributed by atoms with van der Waals surface area (Å²) in [6.07, 6.45) is -0.608. The van der Waals surface area contributed by atoms with E-state index < -0.39 is 6.43 Å². The molecule has 6 nitrogen and oxygen atoms in total. The zero-order valence-corrected chi connectivity index (χ0v) is 17.2. The Bertz CT molecular complexity index is 1050. The number of hydrogen-bond donors (Lipinski definition) is 2. The molecule has 0 aliphatic carbocycles. The van der Waals surface area contributed by atoms with E-state index in [9.17, 15) is 8.78 Å². The van der Waals surface area contributed by atoms with Gasteiger partial charge in [-0.25, -0.2) is 13.8 Å². The minimum Gasteiger partial charge on any atom is -0.383 e. The molecule has 8 heteroatoms. The number of alkyl halides is 2. The van der Waals surface area contributed by atoms with E-state index in [1.54, 1.807) is 12.1 Å². The first-order valence-corrected chi connectivity index (χ1v) is 10.2. The molecule has 0 spiro atoms. The molecule has 0 radical (unpaired) electrons. The summed E-state index contributed by atoms with van der Waals surface area (Å²) in [7, 11) is 0. The van der Waals surface area contributed by atoms with Crippen molar-refractivity contribution in [2.45, 2.75) is 45.7 Å². The highest BCUT2D eigenvalue weighted by Gasteiger charge is 2.21. The van der Waals surface area contributed by atoms with Crippen LogP contribution in [0.2, 0.25) is 0 Å². The zero-order chi connectivity index (χ0) is 21.3. The quantitative estimate of drug-likeness (QED) is 0.653. The molecule has 0 bridgehead atoms. The molecule has 3 aromatic rings. The van der Waals surface area contributed by atoms with Crippen molar-refractivity contribution >= 4 is 22.8 Å². The van der Waals surface area contributed by atoms with Gasteiger partial charge >= 0.3 is 0 Å². The van der Waals surface area contributed by atoms with Crippen LogP contribution in [0.25, 0.3) is 11.0 Å². The van der Waals surface area contributed by atoms with E-state index in [4.69, 9.17) is 5.73 Å². The predicted octanol–water partition coefficient (Wildman–Crippen LogP) is 4.24. The number of nitrogens with zero attached hydrogens (tertiary/aromatic N) is 4. The number of halogens is 2. The molecular weight excluding hydrogens is 386 g/mol. The molecule has 1 aromatic carbocycles. The molecule has 1 fully saturated rings. The fourth-order valence-corrected chi connectivity index (χ4v) is 4.08. The molecule has 0 atom stereocenters. The number of piperidine rings is 1. The number of rotatable bonds is 5. The molecule has 1 aliphatic heterocycles. The van der Waals surface area contributed by atoms with E-state index in [-0.39, 0.29) is 11.6 Å². The van der Waals surface area contributed by atoms with E-state index in [1.165, 1.54) is 6.07 Å². The normalized spacial score (nSPS) is 15.8. The van der Waals surface area contributed by atoms with Crippen molar-refractivity contribution in [2.75, 3.05) is 24.1 Å². The average molecular weight is 412 g/mol. The van der Waals surface area contributed by atoms with Crippen LogP contribution in [0.15, 0.2) is 30.3 Å². The number of aromatic nitrogens is 3. The third-order valence-corrected chi connectivity index (χ3v) is 5.55. The third kappa shape index (κ3) is 4.48. The predicted molar refractivity (Wildman–Crippen MR) is 115 cm³/mol. The number of nitrogens with two attached hydrogens (primary N) is 1. The van der Waals surface area contributed by atoms with Crippen LogP contribution in [-0.4, -0.2) is 39.0 Å². The number of likely N-dealkylation sites (tertiary alicyclic amines) is 1. The van der Waals surface area contributed by atoms with Gasteiger partial charge in [-0.3, -0.25) is 4.90 Å². The molecule has 0 unspecified atom stereocenters. The Morgan fingerprint density at radius 1 is 1.13 bits per heavy atom. The van der Waals surface area contributed by atoms with Gasteiger partial charge in [-0.05, 0) is 49.9 Å². The van der Waals surface area contributed by atoms with Gasteiger partial charge in [0.05, 0.1) is 5.39 Å². The van der Waals surface area contributed by atoms with Crippen LogP contribution in [0.3, 0.4) is 0 Å². The zero-order valence-electron chi connectivity index (χ0n) is 17.2. The van der Waals surface area contributed by atoms with Crippen LogP contribution in [-0.2, 0) is 6.54 Å². The topological polar surface area (TPSA) is 80.0 Å². The Balaban J connectivity index is 1.39. The molecule has 2 aromatic heterocycles. The van der Waals surface area contributed by atoms with Gasteiger partial charge in [0.1, 0.15) is 5.82 Å². The van der Waals surface area contributed by atoms with Gasteiger partial charge in [0.25, 0.3) is 6.43 Å². The lowest BCUT2D eigenvalue weighted by Gasteiger charge is -2.32. The van der Waals surface area contributed by atoms with Gasteiger partial charge in [0.2, 0.25) is 5.95 Å². The van der Waals surface area contributed by atoms with Crippen molar-refractivity contribution in [3.8, 4) is 0 Å². The molecule has 0 saturated carbocycles. The average Bonchev–Trinajstić information content (AvgIpc) is 2.69. The monoisotopic (exact) mass is 412 g/mol. The highest BCUT2D eigenvalue weighted by Crippen LogP contribution is 2.25. The van der Waals surface area contributed by atoms with Crippen LogP contribution in [0, 0.1) is 13.8 Å². The second-order valence-electron chi connectivity index (χ2n) is 7.95. The highest BCUT2D eigenvalue weighted by molar-refractivity contribution is 5.89. The number of aryl methyl sites for hydroxylation is 2. The molecule has 3 N–H and O–H groups in total. The molecule has 1 saturated heterocycles. The first-order chi connectivity index (χ1) is 14.4. The summed E-state index contributed by atoms with van der Waals surface area (Å²) in [5.74, 6) is 0.935. The third-order valence-electron chi connectivity index (χ3n) is 5.55. The lowest BCUT2D eigenvalue weighted by Crippen LogP contribution is -2.39. The minimum absolute atomic E-state index is 0.0779. The standard InChI is InChI=1S/C22H26F2N6/c1-13-10-14(2)26-21-18(13)20(25)28-22(29-21)27-17-6-8-30(9-7-17)12-15-4-3-5-16(11-15)19(23)24/h3-5,10-11,17,19H,6-9,12H2,1-2H3,(H3,25,26,27,28,29). The Morgan fingerprint density at radius 2 is 1.90 bits per heavy atom. The largest absolute Gasteiger partial charge is 0.383 e. The lowest BCUT2D eigenvalue weighted by molar-refractivity contribution is 0.151. The molecule has 1 aliphatic rings. The van der Waals surface area contributed by atoms with Gasteiger partial charge in [-0.1, -0.05) is 18.2 Å². The number of fused-ring (bicyclic) bond motifs is 1. The van der Waals surface area contributed by atoms with E-state index in [2.05, 4.69) is 25.2 Å². The first kappa shape index (κ1) is 20.4. The summed E-state index contributed by atoms with van der Waals surface area (Å²) < 4.78 is 25.8. The summed E-state index contributed by atoms with van der Waals surface area (Å²) >= 11 is 0. The summed E-state index contributed by atoms with van der Waals surface area (Å²) in [5, 5.41) is 4.19. The number of benzene rings is 1. The molecule has 30 heavy (non-hydrogen) atoms. The summed E-state index contributed by atoms with van der Waals surface area (Å²) in [6.45, 7) is 6.34. The summed E-state index contributed by atoms with van der Waals surface area (Å²) in [6, 6.07) is 8.87. The number of nitrogen functional groups attached to an aromatic ring is 1. The van der Waals surface area contributed by atoms with Gasteiger partial charge in [-0.15, -0.1) is 0 Å². The van der Waals surface area contributed by atoms with Crippen LogP contribution in [0.4, 0.5) is 20.5 Å². The smallest absolute Gasteiger partial charge is 0.263 e. The Kier molecular flexibility index (Phi) is 5.76. The Labute approximate surface area is 174 Å². The summed E-state index contributed by atoms with van der Waals surface area (Å²) in [5.41, 5.74) is 9.68. The fourth-order valence-electron chi connectivity index (χ4n) is 4.08. The van der Waals surface area contributed by atoms with Crippen molar-refractivity contribution in [3.05, 3.63) is 52.7 Å². The van der Waals surface area contributed by atoms with Crippen molar-refractivity contribution in [1.29, 1.82) is 0 Å². The van der Waals surface area contributed by atoms with E-state index in [0.29, 0.717) is 24.0 Å². The first-order valence-electron chi connectivity index (χ1n) is 10.2. The van der Waals surface area contributed by atoms with E-state index in [1.807, 2.05) is 26.0 Å². The maximum absolute atomic E-state index is 12.9. The van der Waals surface area contributed by atoms with E-state index in [0.717, 1.165) is 48.1 Å². The van der Waals surface area contributed by atoms with Crippen molar-refractivity contribution in [3.63, 3.8) is 0 Å². The number of nitrogens with one attached hydrogen (secondary N) is 1. The molecule has 3 heterocycles. The van der Waals surface area contributed by atoms with Crippen LogP contribution < -0.4 is 11.1 Å². The van der Waals surface area contributed by atoms with Gasteiger partial charge in [0.15, 0.2) is 5.65 Å². The summed E-state index contributed by atoms with van der Waals surface area (Å²) in [4.78, 5) is 15.8. The Hall–Kier alpha value is -2.87. The molecule has 4 rings (SSSR count). The SMILES string of the molecule is Cc1cc(C)c2c(N)nc(NC3CCN(Cc4cccc(C(F)F)c4)CC3)nc2n1. The molecule has 158 valence electrons. The molecular formula is C22H26F2N6. The second kappa shape index (κ2) is 8.47. The number of hydrogen-bond acceptors (Lipinski definition) is 6. The minimum atomic E-state index is -2.43. The van der Waals surface area contributed by atoms with Crippen molar-refractivity contribution in [2.24, 2.45) is 0 Å². The van der Waals surface area contributed by atoms with Crippen molar-refractivity contribution in [1.82, 2.24) is 19.9 Å². The maximum atomic E-state index is 12.9. The second-order valence-corrected chi connectivity index (χ2v) is 7.95. The van der Waals surface area contributed by atoms with E-state index >= 15 is 0 Å². The maximum Gasteiger partial charge on any atom is 0.263 e. The number of pyridine rings is 1. The van der Waals surface area contributed by atoms with Crippen LogP contribution in [0.1, 0.15) is 41.7 Å². The van der Waals surface area contributed by atoms with Crippen molar-refractivity contribution < 1.29 is 8.78 Å². The lowest BCUT2D eigenvalue weighted by atomic mass is 10.0. The van der Waals surface area contributed by atoms with Crippen LogP contribution in [0.5, 0.6) is 0 Å².